The molecule has 0 heterocycles. The van der Waals surface area contributed by atoms with Crippen molar-refractivity contribution in [3.63, 3.8) is 0 Å². The summed E-state index contributed by atoms with van der Waals surface area (Å²) in [5.74, 6) is 0. The third-order valence-corrected chi connectivity index (χ3v) is 0.556. The zero-order valence-corrected chi connectivity index (χ0v) is 7.00. The van der Waals surface area contributed by atoms with E-state index < -0.39 is 0 Å². The number of hydrogen-bond acceptors (Lipinski definition) is 0. The number of rotatable bonds is 0. The van der Waals surface area contributed by atoms with Crippen molar-refractivity contribution >= 4 is 23.1 Å². The quantitative estimate of drug-likeness (QED) is 0.372. The molecule has 1 aromatic carbocycles. The van der Waals surface area contributed by atoms with E-state index >= 15 is 0 Å². The van der Waals surface area contributed by atoms with Crippen LogP contribution < -0.4 is 0 Å². The largest absolute Gasteiger partial charge is 2.00 e. The van der Waals surface area contributed by atoms with E-state index in [0.29, 0.717) is 0 Å². The molecule has 0 aliphatic heterocycles. The van der Waals surface area contributed by atoms with Crippen LogP contribution >= 0.6 is 0 Å². The second-order valence-electron chi connectivity index (χ2n) is 1.25. The Kier molecular flexibility index (Phi) is 13.6. The molecule has 9 heavy (non-hydrogen) atoms. The molecule has 0 N–H and O–H groups in total. The van der Waals surface area contributed by atoms with Crippen LogP contribution in [0, 0.1) is 6.92 Å². The molecule has 0 atom stereocenters. The fourth-order valence-electron chi connectivity index (χ4n) is 0.321. The third kappa shape index (κ3) is 11.3. The Morgan fingerprint density at radius 2 is 1.67 bits per heavy atom. The van der Waals surface area contributed by atoms with Crippen molar-refractivity contribution in [1.29, 1.82) is 0 Å². The minimum Gasteiger partial charge on any atom is -0.245 e. The third-order valence-electron chi connectivity index (χ3n) is 0.556. The monoisotopic (exact) mass is 130 g/mol. The second kappa shape index (κ2) is 10.7. The Morgan fingerprint density at radius 1 is 1.33 bits per heavy atom. The molecule has 1 heteroatoms. The number of hydrogen-bond donors (Lipinski definition) is 0. The normalized spacial score (nSPS) is 5.78. The van der Waals surface area contributed by atoms with Crippen LogP contribution in [-0.4, -0.2) is 23.1 Å². The van der Waals surface area contributed by atoms with Gasteiger partial charge in [-0.2, -0.15) is 18.2 Å². The van der Waals surface area contributed by atoms with Crippen molar-refractivity contribution < 1.29 is 0 Å². The fraction of sp³-hybridized carbons (Fsp3) is 0. The molecule has 0 radical (unpaired) electrons. The first-order valence-electron chi connectivity index (χ1n) is 2.48. The van der Waals surface area contributed by atoms with Gasteiger partial charge in [0.1, 0.15) is 0 Å². The molecule has 0 saturated carbocycles. The van der Waals surface area contributed by atoms with Crippen LogP contribution in [0.15, 0.2) is 43.0 Å². The maximum absolute atomic E-state index is 3.25. The van der Waals surface area contributed by atoms with Gasteiger partial charge < -0.3 is 0 Å². The molecular formula is C8H10Mg. The molecule has 0 fully saturated rings. The molecule has 0 bridgehead atoms. The summed E-state index contributed by atoms with van der Waals surface area (Å²) in [5, 5.41) is 0. The average Bonchev–Trinajstić information content (AvgIpc) is 2.17. The summed E-state index contributed by atoms with van der Waals surface area (Å²) in [6.07, 6.45) is 1.50. The summed E-state index contributed by atoms with van der Waals surface area (Å²) < 4.78 is 0. The predicted octanol–water partition coefficient (Wildman–Crippen LogP) is 2.03. The van der Waals surface area contributed by atoms with Crippen LogP contribution in [0.5, 0.6) is 0 Å². The van der Waals surface area contributed by atoms with Crippen LogP contribution in [0.2, 0.25) is 0 Å². The molecule has 44 valence electrons. The Bertz CT molecular complexity index is 90.9. The fourth-order valence-corrected chi connectivity index (χ4v) is 0.321. The van der Waals surface area contributed by atoms with Gasteiger partial charge >= 0.3 is 23.1 Å². The first-order valence-corrected chi connectivity index (χ1v) is 2.48. The van der Waals surface area contributed by atoms with E-state index in [0.717, 1.165) is 0 Å². The zero-order valence-electron chi connectivity index (χ0n) is 5.59. The van der Waals surface area contributed by atoms with Crippen molar-refractivity contribution in [3.8, 4) is 0 Å². The van der Waals surface area contributed by atoms with Crippen molar-refractivity contribution in [2.75, 3.05) is 0 Å². The molecule has 1 aromatic rings. The second-order valence-corrected chi connectivity index (χ2v) is 1.25. The van der Waals surface area contributed by atoms with E-state index in [2.05, 4.69) is 13.5 Å². The molecule has 0 spiro atoms. The van der Waals surface area contributed by atoms with Crippen LogP contribution in [0.4, 0.5) is 0 Å². The van der Waals surface area contributed by atoms with Gasteiger partial charge in [0.15, 0.2) is 0 Å². The Morgan fingerprint density at radius 3 is 1.78 bits per heavy atom. The standard InChI is InChI=1S/C5H5.C3H5.Mg/c1-2-4-5-3-1;1-3-2;/h1-5H;3H,1-2H2;/q2*-1;+2. The van der Waals surface area contributed by atoms with E-state index in [4.69, 9.17) is 0 Å². The topological polar surface area (TPSA) is 0 Å². The van der Waals surface area contributed by atoms with Gasteiger partial charge in [-0.15, -0.1) is 0 Å². The Labute approximate surface area is 73.1 Å². The summed E-state index contributed by atoms with van der Waals surface area (Å²) in [7, 11) is 0. The van der Waals surface area contributed by atoms with Crippen molar-refractivity contribution in [2.45, 2.75) is 0 Å². The Hall–Kier alpha value is -0.274. The van der Waals surface area contributed by atoms with Crippen molar-refractivity contribution in [2.24, 2.45) is 0 Å². The Balaban J connectivity index is 0. The van der Waals surface area contributed by atoms with E-state index in [1.807, 2.05) is 30.3 Å². The van der Waals surface area contributed by atoms with Gasteiger partial charge in [-0.25, -0.2) is 31.7 Å². The predicted molar refractivity (Wildman–Crippen MR) is 43.3 cm³/mol. The van der Waals surface area contributed by atoms with Crippen LogP contribution in [0.25, 0.3) is 0 Å². The summed E-state index contributed by atoms with van der Waals surface area (Å²) >= 11 is 0. The van der Waals surface area contributed by atoms with Crippen molar-refractivity contribution in [3.05, 3.63) is 49.9 Å². The van der Waals surface area contributed by atoms with E-state index in [1.165, 1.54) is 6.08 Å². The first-order chi connectivity index (χ1) is 3.91. The first kappa shape index (κ1) is 11.5. The van der Waals surface area contributed by atoms with Gasteiger partial charge in [0.25, 0.3) is 0 Å². The molecule has 0 aromatic heterocycles. The van der Waals surface area contributed by atoms with Crippen LogP contribution in [0.1, 0.15) is 0 Å². The molecule has 0 nitrogen and oxygen atoms in total. The summed E-state index contributed by atoms with van der Waals surface area (Å²) in [6, 6.07) is 10.0. The van der Waals surface area contributed by atoms with Crippen LogP contribution in [-0.2, 0) is 0 Å². The smallest absolute Gasteiger partial charge is 0.245 e. The minimum atomic E-state index is 0. The van der Waals surface area contributed by atoms with Gasteiger partial charge in [-0.1, -0.05) is 0 Å². The van der Waals surface area contributed by atoms with E-state index in [-0.39, 0.29) is 23.1 Å². The van der Waals surface area contributed by atoms with Gasteiger partial charge in [-0.05, 0) is 0 Å². The number of allylic oxidation sites excluding steroid dienone is 1. The average molecular weight is 130 g/mol. The minimum absolute atomic E-state index is 0. The SMILES string of the molecule is C=C[CH2-].[Mg+2].c1cc[cH-]c1. The van der Waals surface area contributed by atoms with E-state index in [9.17, 15) is 0 Å². The molecule has 0 amide bonds. The van der Waals surface area contributed by atoms with Gasteiger partial charge in [0.05, 0.1) is 0 Å². The van der Waals surface area contributed by atoms with Gasteiger partial charge in [-0.3, -0.25) is 0 Å². The summed E-state index contributed by atoms with van der Waals surface area (Å²) in [6.45, 7) is 6.50. The molecule has 1 rings (SSSR count). The molecule has 0 unspecified atom stereocenters. The van der Waals surface area contributed by atoms with Gasteiger partial charge in [0, 0.05) is 0 Å². The van der Waals surface area contributed by atoms with Crippen LogP contribution in [0.3, 0.4) is 0 Å². The molecule has 0 saturated heterocycles. The molecular weight excluding hydrogens is 120 g/mol. The maximum atomic E-state index is 3.25. The summed E-state index contributed by atoms with van der Waals surface area (Å²) in [4.78, 5) is 0. The summed E-state index contributed by atoms with van der Waals surface area (Å²) in [5.41, 5.74) is 0. The zero-order chi connectivity index (χ0) is 6.24. The van der Waals surface area contributed by atoms with Crippen molar-refractivity contribution in [1.82, 2.24) is 0 Å². The van der Waals surface area contributed by atoms with Gasteiger partial charge in [0.2, 0.25) is 0 Å². The molecule has 0 aliphatic carbocycles. The molecule has 0 aliphatic rings. The maximum Gasteiger partial charge on any atom is 2.00 e. The van der Waals surface area contributed by atoms with E-state index in [1.54, 1.807) is 0 Å².